The summed E-state index contributed by atoms with van der Waals surface area (Å²) < 4.78 is 4.62. The molecule has 16 heavy (non-hydrogen) atoms. The first kappa shape index (κ1) is 9.20. The number of Topliss-reactive ketones (excluding diaryl/α,β-unsaturated/α-hetero) is 1. The molecule has 0 aromatic carbocycles. The Morgan fingerprint density at radius 2 is 1.75 bits per heavy atom. The molecular formula is C13H16O3. The Morgan fingerprint density at radius 3 is 2.19 bits per heavy atom. The molecule has 1 spiro atoms. The quantitative estimate of drug-likeness (QED) is 0.524. The van der Waals surface area contributed by atoms with Gasteiger partial charge in [0.05, 0.1) is 7.11 Å². The van der Waals surface area contributed by atoms with Crippen LogP contribution in [0.3, 0.4) is 0 Å². The maximum atomic E-state index is 12.2. The third kappa shape index (κ3) is 0.686. The highest BCUT2D eigenvalue weighted by Crippen LogP contribution is 2.84. The molecule has 3 nitrogen and oxygen atoms in total. The average Bonchev–Trinajstić information content (AvgIpc) is 2.73. The van der Waals surface area contributed by atoms with Crippen LogP contribution in [-0.2, 0) is 14.3 Å². The highest BCUT2D eigenvalue weighted by molar-refractivity contribution is 6.36. The van der Waals surface area contributed by atoms with Crippen molar-refractivity contribution < 1.29 is 14.3 Å². The van der Waals surface area contributed by atoms with Crippen molar-refractivity contribution in [2.75, 3.05) is 7.11 Å². The first-order valence-corrected chi connectivity index (χ1v) is 6.25. The molecule has 2 bridgehead atoms. The van der Waals surface area contributed by atoms with Crippen molar-refractivity contribution in [1.29, 1.82) is 0 Å². The number of hydrogen-bond acceptors (Lipinski definition) is 3. The van der Waals surface area contributed by atoms with Gasteiger partial charge in [0, 0.05) is 5.41 Å². The SMILES string of the molecule is COC(=O)C(=O)C12CC3CC4CC(C1)C43C2. The summed E-state index contributed by atoms with van der Waals surface area (Å²) in [5.74, 6) is 1.54. The van der Waals surface area contributed by atoms with Crippen LogP contribution >= 0.6 is 0 Å². The Bertz CT molecular complexity index is 395. The largest absolute Gasteiger partial charge is 0.463 e. The Hall–Kier alpha value is -0.860. The second-order valence-electron chi connectivity index (χ2n) is 6.36. The molecule has 3 heteroatoms. The Labute approximate surface area is 94.5 Å². The summed E-state index contributed by atoms with van der Waals surface area (Å²) in [4.78, 5) is 23.6. The van der Waals surface area contributed by atoms with Gasteiger partial charge in [-0.25, -0.2) is 4.79 Å². The zero-order valence-electron chi connectivity index (χ0n) is 9.49. The van der Waals surface area contributed by atoms with E-state index >= 15 is 0 Å². The molecule has 4 aliphatic carbocycles. The number of methoxy groups -OCH3 is 1. The number of carbonyl (C=O) groups excluding carboxylic acids is 2. The monoisotopic (exact) mass is 220 g/mol. The number of carbonyl (C=O) groups is 2. The van der Waals surface area contributed by atoms with Gasteiger partial charge in [-0.1, -0.05) is 0 Å². The van der Waals surface area contributed by atoms with E-state index in [-0.39, 0.29) is 11.2 Å². The van der Waals surface area contributed by atoms with E-state index in [0.29, 0.717) is 5.41 Å². The normalized spacial score (nSPS) is 54.9. The minimum absolute atomic E-state index is 0.230. The number of fused-ring (bicyclic) bond motifs is 1. The smallest absolute Gasteiger partial charge is 0.374 e. The molecule has 4 rings (SSSR count). The molecule has 0 radical (unpaired) electrons. The molecular weight excluding hydrogens is 204 g/mol. The van der Waals surface area contributed by atoms with Crippen LogP contribution < -0.4 is 0 Å². The molecule has 2 atom stereocenters. The van der Waals surface area contributed by atoms with Gasteiger partial charge in [-0.2, -0.15) is 0 Å². The van der Waals surface area contributed by atoms with Gasteiger partial charge in [-0.3, -0.25) is 4.79 Å². The highest BCUT2D eigenvalue weighted by Gasteiger charge is 2.79. The summed E-state index contributed by atoms with van der Waals surface area (Å²) in [6, 6.07) is 0. The molecule has 0 N–H and O–H groups in total. The highest BCUT2D eigenvalue weighted by atomic mass is 16.5. The topological polar surface area (TPSA) is 43.4 Å². The predicted molar refractivity (Wildman–Crippen MR) is 55.4 cm³/mol. The lowest BCUT2D eigenvalue weighted by atomic mass is 9.38. The maximum absolute atomic E-state index is 12.2. The molecule has 4 fully saturated rings. The second-order valence-corrected chi connectivity index (χ2v) is 6.36. The maximum Gasteiger partial charge on any atom is 0.374 e. The van der Waals surface area contributed by atoms with Crippen LogP contribution in [0.5, 0.6) is 0 Å². The van der Waals surface area contributed by atoms with Crippen LogP contribution in [0, 0.1) is 28.6 Å². The lowest BCUT2D eigenvalue weighted by Crippen LogP contribution is -2.59. The van der Waals surface area contributed by atoms with Gasteiger partial charge in [0.15, 0.2) is 0 Å². The van der Waals surface area contributed by atoms with E-state index in [0.717, 1.165) is 37.0 Å². The fourth-order valence-electron chi connectivity index (χ4n) is 5.65. The minimum Gasteiger partial charge on any atom is -0.463 e. The molecule has 2 unspecified atom stereocenters. The zero-order chi connectivity index (χ0) is 11.1. The molecule has 0 saturated heterocycles. The Balaban J connectivity index is 1.70. The minimum atomic E-state index is -0.615. The van der Waals surface area contributed by atoms with E-state index in [1.807, 2.05) is 0 Å². The first-order chi connectivity index (χ1) is 7.62. The number of hydrogen-bond donors (Lipinski definition) is 0. The summed E-state index contributed by atoms with van der Waals surface area (Å²) >= 11 is 0. The lowest BCUT2D eigenvalue weighted by Gasteiger charge is -2.66. The number of esters is 1. The van der Waals surface area contributed by atoms with Gasteiger partial charge in [-0.05, 0) is 55.3 Å². The van der Waals surface area contributed by atoms with E-state index in [4.69, 9.17) is 0 Å². The number of ketones is 1. The fourth-order valence-corrected chi connectivity index (χ4v) is 5.65. The summed E-state index contributed by atoms with van der Waals surface area (Å²) in [5, 5.41) is 0. The summed E-state index contributed by atoms with van der Waals surface area (Å²) in [6.45, 7) is 0. The van der Waals surface area contributed by atoms with Gasteiger partial charge in [0.25, 0.3) is 0 Å². The molecule has 4 saturated carbocycles. The van der Waals surface area contributed by atoms with Crippen molar-refractivity contribution in [3.05, 3.63) is 0 Å². The Morgan fingerprint density at radius 1 is 1.12 bits per heavy atom. The number of rotatable bonds is 2. The van der Waals surface area contributed by atoms with Crippen molar-refractivity contribution >= 4 is 11.8 Å². The summed E-state index contributed by atoms with van der Waals surface area (Å²) in [5.41, 5.74) is 0.192. The van der Waals surface area contributed by atoms with Gasteiger partial charge in [0.1, 0.15) is 0 Å². The van der Waals surface area contributed by atoms with Crippen LogP contribution in [0.2, 0.25) is 0 Å². The van der Waals surface area contributed by atoms with E-state index in [1.54, 1.807) is 0 Å². The third-order valence-electron chi connectivity index (χ3n) is 6.19. The van der Waals surface area contributed by atoms with E-state index in [1.165, 1.54) is 20.0 Å². The van der Waals surface area contributed by atoms with Crippen LogP contribution in [0.1, 0.15) is 32.1 Å². The van der Waals surface area contributed by atoms with Gasteiger partial charge < -0.3 is 4.74 Å². The van der Waals surface area contributed by atoms with Crippen molar-refractivity contribution in [2.45, 2.75) is 32.1 Å². The number of ether oxygens (including phenoxy) is 1. The Kier molecular flexibility index (Phi) is 1.36. The van der Waals surface area contributed by atoms with Gasteiger partial charge in [-0.15, -0.1) is 0 Å². The zero-order valence-corrected chi connectivity index (χ0v) is 9.49. The van der Waals surface area contributed by atoms with Crippen molar-refractivity contribution in [1.82, 2.24) is 0 Å². The van der Waals surface area contributed by atoms with Crippen molar-refractivity contribution in [3.63, 3.8) is 0 Å². The predicted octanol–water partition coefficient (Wildman–Crippen LogP) is 1.55. The average molecular weight is 220 g/mol. The van der Waals surface area contributed by atoms with E-state index < -0.39 is 5.97 Å². The van der Waals surface area contributed by atoms with E-state index in [9.17, 15) is 9.59 Å². The van der Waals surface area contributed by atoms with Gasteiger partial charge >= 0.3 is 5.97 Å². The van der Waals surface area contributed by atoms with Gasteiger partial charge in [0.2, 0.25) is 5.78 Å². The first-order valence-electron chi connectivity index (χ1n) is 6.25. The molecule has 0 heterocycles. The molecule has 86 valence electrons. The van der Waals surface area contributed by atoms with Crippen molar-refractivity contribution in [2.24, 2.45) is 28.6 Å². The lowest BCUT2D eigenvalue weighted by molar-refractivity contribution is -0.178. The second kappa shape index (κ2) is 2.36. The summed E-state index contributed by atoms with van der Waals surface area (Å²) in [7, 11) is 1.31. The molecule has 4 aliphatic rings. The molecule has 0 aromatic heterocycles. The molecule has 0 aromatic rings. The van der Waals surface area contributed by atoms with Crippen LogP contribution in [0.15, 0.2) is 0 Å². The van der Waals surface area contributed by atoms with E-state index in [2.05, 4.69) is 4.74 Å². The van der Waals surface area contributed by atoms with Crippen LogP contribution in [0.4, 0.5) is 0 Å². The van der Waals surface area contributed by atoms with Crippen LogP contribution in [-0.4, -0.2) is 18.9 Å². The molecule has 0 amide bonds. The molecule has 0 aliphatic heterocycles. The summed E-state index contributed by atoms with van der Waals surface area (Å²) in [6.07, 6.45) is 5.55. The third-order valence-corrected chi connectivity index (χ3v) is 6.19. The van der Waals surface area contributed by atoms with Crippen LogP contribution in [0.25, 0.3) is 0 Å². The fraction of sp³-hybridized carbons (Fsp3) is 0.846. The van der Waals surface area contributed by atoms with Crippen molar-refractivity contribution in [3.8, 4) is 0 Å². The standard InChI is InChI=1S/C13H16O3/c1-16-11(15)10(14)12-4-8-2-7-3-9(5-12)13(7,8)6-12/h7-9H,2-6H2,1H3.